The summed E-state index contributed by atoms with van der Waals surface area (Å²) >= 11 is 0. The molecule has 0 saturated carbocycles. The predicted octanol–water partition coefficient (Wildman–Crippen LogP) is 2.00. The zero-order valence-electron chi connectivity index (χ0n) is 11.8. The standard InChI is InChI=1S/C15H20F2N2O2/c16-12-4-1-5-13(17)15(12)18-14(21)10-19-7-2-3-11(9-19)6-8-20/h1,4-5,11,20H,2-3,6-10H2,(H,18,21). The van der Waals surface area contributed by atoms with E-state index in [4.69, 9.17) is 5.11 Å². The number of piperidine rings is 1. The summed E-state index contributed by atoms with van der Waals surface area (Å²) < 4.78 is 26.9. The molecule has 1 amide bonds. The van der Waals surface area contributed by atoms with Gasteiger partial charge in [0.05, 0.1) is 6.54 Å². The molecule has 1 aliphatic rings. The summed E-state index contributed by atoms with van der Waals surface area (Å²) in [5.41, 5.74) is -0.397. The van der Waals surface area contributed by atoms with Crippen molar-refractivity contribution in [1.29, 1.82) is 0 Å². The van der Waals surface area contributed by atoms with Gasteiger partial charge in [-0.3, -0.25) is 9.69 Å². The Morgan fingerprint density at radius 2 is 2.10 bits per heavy atom. The van der Waals surface area contributed by atoms with Crippen LogP contribution in [0.15, 0.2) is 18.2 Å². The minimum absolute atomic E-state index is 0.107. The van der Waals surface area contributed by atoms with E-state index in [0.29, 0.717) is 5.92 Å². The Morgan fingerprint density at radius 3 is 2.76 bits per heavy atom. The van der Waals surface area contributed by atoms with Crippen LogP contribution in [0, 0.1) is 17.6 Å². The fourth-order valence-corrected chi connectivity index (χ4v) is 2.71. The molecule has 2 N–H and O–H groups in total. The SMILES string of the molecule is O=C(CN1CCCC(CCO)C1)Nc1c(F)cccc1F. The lowest BCUT2D eigenvalue weighted by Gasteiger charge is -2.31. The number of para-hydroxylation sites is 1. The zero-order chi connectivity index (χ0) is 15.2. The molecule has 1 aliphatic heterocycles. The van der Waals surface area contributed by atoms with Crippen molar-refractivity contribution in [3.05, 3.63) is 29.8 Å². The molecule has 0 aromatic heterocycles. The second-order valence-electron chi connectivity index (χ2n) is 5.40. The van der Waals surface area contributed by atoms with Gasteiger partial charge in [-0.1, -0.05) is 6.07 Å². The minimum atomic E-state index is -0.778. The number of carbonyl (C=O) groups excluding carboxylic acids is 1. The molecule has 4 nitrogen and oxygen atoms in total. The third-order valence-corrected chi connectivity index (χ3v) is 3.73. The molecular formula is C15H20F2N2O2. The number of halogens is 2. The third-order valence-electron chi connectivity index (χ3n) is 3.73. The molecule has 1 aromatic carbocycles. The van der Waals surface area contributed by atoms with E-state index in [-0.39, 0.29) is 13.2 Å². The summed E-state index contributed by atoms with van der Waals surface area (Å²) in [6, 6.07) is 3.47. The number of amides is 1. The monoisotopic (exact) mass is 298 g/mol. The number of nitrogens with zero attached hydrogens (tertiary/aromatic N) is 1. The predicted molar refractivity (Wildman–Crippen MR) is 75.9 cm³/mol. The van der Waals surface area contributed by atoms with Crippen LogP contribution in [0.5, 0.6) is 0 Å². The number of hydrogen-bond acceptors (Lipinski definition) is 3. The fourth-order valence-electron chi connectivity index (χ4n) is 2.71. The minimum Gasteiger partial charge on any atom is -0.396 e. The molecule has 2 rings (SSSR count). The number of rotatable bonds is 5. The number of nitrogens with one attached hydrogen (secondary N) is 1. The van der Waals surface area contributed by atoms with Gasteiger partial charge in [-0.05, 0) is 43.9 Å². The average molecular weight is 298 g/mol. The maximum atomic E-state index is 13.5. The van der Waals surface area contributed by atoms with Crippen molar-refractivity contribution in [2.45, 2.75) is 19.3 Å². The van der Waals surface area contributed by atoms with Crippen LogP contribution in [-0.2, 0) is 4.79 Å². The van der Waals surface area contributed by atoms with Gasteiger partial charge in [0.25, 0.3) is 0 Å². The Morgan fingerprint density at radius 1 is 1.38 bits per heavy atom. The zero-order valence-corrected chi connectivity index (χ0v) is 11.8. The number of anilines is 1. The van der Waals surface area contributed by atoms with Gasteiger partial charge in [0, 0.05) is 13.2 Å². The number of carbonyl (C=O) groups is 1. The van der Waals surface area contributed by atoms with Gasteiger partial charge in [-0.25, -0.2) is 8.78 Å². The van der Waals surface area contributed by atoms with Gasteiger partial charge in [0.1, 0.15) is 17.3 Å². The first-order valence-corrected chi connectivity index (χ1v) is 7.17. The summed E-state index contributed by atoms with van der Waals surface area (Å²) in [5, 5.41) is 11.3. The number of aliphatic hydroxyl groups excluding tert-OH is 1. The number of aliphatic hydroxyl groups is 1. The Bertz CT molecular complexity index is 474. The van der Waals surface area contributed by atoms with Crippen molar-refractivity contribution in [2.24, 2.45) is 5.92 Å². The summed E-state index contributed by atoms with van der Waals surface area (Å²) in [5.74, 6) is -1.61. The van der Waals surface area contributed by atoms with Gasteiger partial charge in [0.2, 0.25) is 5.91 Å². The van der Waals surface area contributed by atoms with E-state index in [0.717, 1.165) is 44.5 Å². The molecule has 116 valence electrons. The summed E-state index contributed by atoms with van der Waals surface area (Å²) in [6.07, 6.45) is 2.73. The van der Waals surface area contributed by atoms with E-state index < -0.39 is 23.2 Å². The molecule has 1 atom stereocenters. The van der Waals surface area contributed by atoms with Gasteiger partial charge < -0.3 is 10.4 Å². The van der Waals surface area contributed by atoms with E-state index in [1.54, 1.807) is 0 Å². The smallest absolute Gasteiger partial charge is 0.238 e. The summed E-state index contributed by atoms with van der Waals surface area (Å²) in [7, 11) is 0. The Hall–Kier alpha value is -1.53. The number of hydrogen-bond donors (Lipinski definition) is 2. The van der Waals surface area contributed by atoms with E-state index in [1.165, 1.54) is 6.07 Å². The van der Waals surface area contributed by atoms with E-state index in [1.807, 2.05) is 4.90 Å². The molecule has 1 heterocycles. The van der Waals surface area contributed by atoms with E-state index in [2.05, 4.69) is 5.32 Å². The van der Waals surface area contributed by atoms with Crippen LogP contribution in [0.25, 0.3) is 0 Å². The normalized spacial score (nSPS) is 19.5. The summed E-state index contributed by atoms with van der Waals surface area (Å²) in [4.78, 5) is 13.9. The fraction of sp³-hybridized carbons (Fsp3) is 0.533. The Kier molecular flexibility index (Phi) is 5.64. The third kappa shape index (κ3) is 4.47. The first kappa shape index (κ1) is 15.9. The molecule has 0 spiro atoms. The van der Waals surface area contributed by atoms with E-state index >= 15 is 0 Å². The van der Waals surface area contributed by atoms with Crippen LogP contribution in [0.1, 0.15) is 19.3 Å². The van der Waals surface area contributed by atoms with Crippen LogP contribution in [-0.4, -0.2) is 42.2 Å². The quantitative estimate of drug-likeness (QED) is 0.874. The van der Waals surface area contributed by atoms with Crippen LogP contribution in [0.3, 0.4) is 0 Å². The lowest BCUT2D eigenvalue weighted by atomic mass is 9.95. The Balaban J connectivity index is 1.89. The lowest BCUT2D eigenvalue weighted by molar-refractivity contribution is -0.117. The second kappa shape index (κ2) is 7.47. The van der Waals surface area contributed by atoms with Crippen molar-refractivity contribution in [3.63, 3.8) is 0 Å². The maximum Gasteiger partial charge on any atom is 0.238 e. The molecule has 1 unspecified atom stereocenters. The molecular weight excluding hydrogens is 278 g/mol. The highest BCUT2D eigenvalue weighted by molar-refractivity contribution is 5.92. The lowest BCUT2D eigenvalue weighted by Crippen LogP contribution is -2.40. The maximum absolute atomic E-state index is 13.5. The van der Waals surface area contributed by atoms with E-state index in [9.17, 15) is 13.6 Å². The molecule has 0 aliphatic carbocycles. The second-order valence-corrected chi connectivity index (χ2v) is 5.40. The van der Waals surface area contributed by atoms with Crippen molar-refractivity contribution < 1.29 is 18.7 Å². The van der Waals surface area contributed by atoms with Gasteiger partial charge in [0.15, 0.2) is 0 Å². The molecule has 1 aromatic rings. The molecule has 1 fully saturated rings. The summed E-state index contributed by atoms with van der Waals surface area (Å²) in [6.45, 7) is 1.77. The van der Waals surface area contributed by atoms with Gasteiger partial charge in [-0.2, -0.15) is 0 Å². The molecule has 0 bridgehead atoms. The van der Waals surface area contributed by atoms with Gasteiger partial charge >= 0.3 is 0 Å². The first-order valence-electron chi connectivity index (χ1n) is 7.17. The van der Waals surface area contributed by atoms with Crippen molar-refractivity contribution in [1.82, 2.24) is 4.90 Å². The van der Waals surface area contributed by atoms with Crippen LogP contribution in [0.2, 0.25) is 0 Å². The van der Waals surface area contributed by atoms with Crippen LogP contribution in [0.4, 0.5) is 14.5 Å². The number of benzene rings is 1. The molecule has 0 radical (unpaired) electrons. The number of likely N-dealkylation sites (tertiary alicyclic amines) is 1. The molecule has 1 saturated heterocycles. The Labute approximate surface area is 122 Å². The largest absolute Gasteiger partial charge is 0.396 e. The highest BCUT2D eigenvalue weighted by atomic mass is 19.1. The van der Waals surface area contributed by atoms with Crippen molar-refractivity contribution in [2.75, 3.05) is 31.6 Å². The highest BCUT2D eigenvalue weighted by Crippen LogP contribution is 2.20. The van der Waals surface area contributed by atoms with Crippen molar-refractivity contribution in [3.8, 4) is 0 Å². The molecule has 21 heavy (non-hydrogen) atoms. The van der Waals surface area contributed by atoms with Crippen LogP contribution < -0.4 is 5.32 Å². The van der Waals surface area contributed by atoms with Gasteiger partial charge in [-0.15, -0.1) is 0 Å². The van der Waals surface area contributed by atoms with Crippen LogP contribution >= 0.6 is 0 Å². The average Bonchev–Trinajstić information content (AvgIpc) is 2.44. The molecule has 6 heteroatoms. The first-order chi connectivity index (χ1) is 10.1. The topological polar surface area (TPSA) is 52.6 Å². The highest BCUT2D eigenvalue weighted by Gasteiger charge is 2.22. The van der Waals surface area contributed by atoms with Crippen molar-refractivity contribution >= 4 is 11.6 Å².